The number of nitrogens with one attached hydrogen (secondary N) is 1. The van der Waals surface area contributed by atoms with Gasteiger partial charge in [-0.05, 0) is 36.8 Å². The van der Waals surface area contributed by atoms with E-state index in [-0.39, 0.29) is 18.4 Å². The first kappa shape index (κ1) is 20.5. The Labute approximate surface area is 180 Å². The molecule has 0 bridgehead atoms. The Kier molecular flexibility index (Phi) is 6.11. The van der Waals surface area contributed by atoms with E-state index >= 15 is 0 Å². The second kappa shape index (κ2) is 8.93. The van der Waals surface area contributed by atoms with Gasteiger partial charge < -0.3 is 24.6 Å². The predicted molar refractivity (Wildman–Crippen MR) is 115 cm³/mol. The number of amides is 2. The van der Waals surface area contributed by atoms with E-state index in [4.69, 9.17) is 21.1 Å². The molecule has 1 saturated heterocycles. The Morgan fingerprint density at radius 3 is 2.70 bits per heavy atom. The summed E-state index contributed by atoms with van der Waals surface area (Å²) >= 11 is 6.15. The minimum Gasteiger partial charge on any atom is -0.477 e. The van der Waals surface area contributed by atoms with E-state index in [0.717, 1.165) is 11.3 Å². The van der Waals surface area contributed by atoms with Crippen molar-refractivity contribution in [2.75, 3.05) is 49.6 Å². The summed E-state index contributed by atoms with van der Waals surface area (Å²) in [7, 11) is 0. The van der Waals surface area contributed by atoms with E-state index in [1.165, 1.54) is 0 Å². The molecule has 1 atom stereocenters. The summed E-state index contributed by atoms with van der Waals surface area (Å²) in [4.78, 5) is 29.3. The van der Waals surface area contributed by atoms with Crippen LogP contribution in [0.3, 0.4) is 0 Å². The molecule has 30 heavy (non-hydrogen) atoms. The molecule has 0 spiro atoms. The number of halogens is 1. The molecule has 8 heteroatoms. The van der Waals surface area contributed by atoms with Crippen molar-refractivity contribution in [3.8, 4) is 5.75 Å². The number of morpholine rings is 1. The van der Waals surface area contributed by atoms with Crippen molar-refractivity contribution in [2.24, 2.45) is 0 Å². The second-order valence-corrected chi connectivity index (χ2v) is 7.81. The number of fused-ring (bicyclic) bond motifs is 1. The van der Waals surface area contributed by atoms with Crippen molar-refractivity contribution in [2.45, 2.75) is 13.0 Å². The topological polar surface area (TPSA) is 71.1 Å². The number of rotatable bonds is 4. The number of hydrogen-bond donors (Lipinski definition) is 1. The Balaban J connectivity index is 1.48. The molecular weight excluding hydrogens is 406 g/mol. The van der Waals surface area contributed by atoms with Gasteiger partial charge in [-0.15, -0.1) is 0 Å². The standard InChI is InChI=1S/C22H24ClN3O4/c1-15-6-7-16(12-17(15)23)24-21(27)14-26-13-20(22(28)25-8-10-29-11-9-25)30-19-5-3-2-4-18(19)26/h2-7,12,20H,8-11,13-14H2,1H3,(H,24,27)/t20-/m1/s1. The molecule has 2 aliphatic rings. The summed E-state index contributed by atoms with van der Waals surface area (Å²) in [6, 6.07) is 12.9. The van der Waals surface area contributed by atoms with Crippen LogP contribution in [0, 0.1) is 6.92 Å². The third-order valence-electron chi connectivity index (χ3n) is 5.25. The van der Waals surface area contributed by atoms with Gasteiger partial charge in [0, 0.05) is 23.8 Å². The number of hydrogen-bond acceptors (Lipinski definition) is 5. The fourth-order valence-electron chi connectivity index (χ4n) is 3.62. The number of aryl methyl sites for hydroxylation is 1. The summed E-state index contributed by atoms with van der Waals surface area (Å²) in [6.07, 6.45) is -0.667. The van der Waals surface area contributed by atoms with Crippen molar-refractivity contribution in [3.63, 3.8) is 0 Å². The van der Waals surface area contributed by atoms with Gasteiger partial charge in [0.1, 0.15) is 5.75 Å². The van der Waals surface area contributed by atoms with E-state index in [2.05, 4.69) is 5.32 Å². The lowest BCUT2D eigenvalue weighted by Gasteiger charge is -2.38. The largest absolute Gasteiger partial charge is 0.477 e. The second-order valence-electron chi connectivity index (χ2n) is 7.40. The first-order valence-electron chi connectivity index (χ1n) is 9.94. The zero-order valence-corrected chi connectivity index (χ0v) is 17.5. The fourth-order valence-corrected chi connectivity index (χ4v) is 3.80. The van der Waals surface area contributed by atoms with Gasteiger partial charge in [0.15, 0.2) is 6.10 Å². The van der Waals surface area contributed by atoms with Crippen LogP contribution in [0.1, 0.15) is 5.56 Å². The highest BCUT2D eigenvalue weighted by atomic mass is 35.5. The van der Waals surface area contributed by atoms with Gasteiger partial charge >= 0.3 is 0 Å². The number of nitrogens with zero attached hydrogens (tertiary/aromatic N) is 2. The van der Waals surface area contributed by atoms with E-state index < -0.39 is 6.10 Å². The van der Waals surface area contributed by atoms with Crippen LogP contribution in [0.4, 0.5) is 11.4 Å². The molecular formula is C22H24ClN3O4. The summed E-state index contributed by atoms with van der Waals surface area (Å²) in [5.41, 5.74) is 2.37. The van der Waals surface area contributed by atoms with Gasteiger partial charge in [0.25, 0.3) is 5.91 Å². The highest BCUT2D eigenvalue weighted by Crippen LogP contribution is 2.33. The first-order valence-corrected chi connectivity index (χ1v) is 10.3. The van der Waals surface area contributed by atoms with Crippen molar-refractivity contribution in [1.82, 2.24) is 4.90 Å². The van der Waals surface area contributed by atoms with Gasteiger partial charge in [-0.25, -0.2) is 0 Å². The quantitative estimate of drug-likeness (QED) is 0.809. The Bertz CT molecular complexity index is 946. The molecule has 2 aromatic carbocycles. The highest BCUT2D eigenvalue weighted by molar-refractivity contribution is 6.31. The van der Waals surface area contributed by atoms with Crippen LogP contribution in [0.15, 0.2) is 42.5 Å². The van der Waals surface area contributed by atoms with Crippen LogP contribution in [0.2, 0.25) is 5.02 Å². The lowest BCUT2D eigenvalue weighted by molar-refractivity contribution is -0.142. The lowest BCUT2D eigenvalue weighted by atomic mass is 10.1. The van der Waals surface area contributed by atoms with Gasteiger partial charge in [0.05, 0.1) is 32.0 Å². The lowest BCUT2D eigenvalue weighted by Crippen LogP contribution is -2.53. The van der Waals surface area contributed by atoms with Crippen LogP contribution >= 0.6 is 11.6 Å². The number of carbonyl (C=O) groups excluding carboxylic acids is 2. The molecule has 0 saturated carbocycles. The summed E-state index contributed by atoms with van der Waals surface area (Å²) in [5.74, 6) is 0.328. The molecule has 1 N–H and O–H groups in total. The van der Waals surface area contributed by atoms with Crippen LogP contribution in [0.5, 0.6) is 5.75 Å². The number of anilines is 2. The molecule has 158 valence electrons. The number of carbonyl (C=O) groups is 2. The normalized spacial score (nSPS) is 18.4. The third kappa shape index (κ3) is 4.52. The molecule has 2 amide bonds. The minimum atomic E-state index is -0.667. The smallest absolute Gasteiger partial charge is 0.265 e. The monoisotopic (exact) mass is 429 g/mol. The van der Waals surface area contributed by atoms with Crippen molar-refractivity contribution >= 4 is 34.8 Å². The maximum Gasteiger partial charge on any atom is 0.265 e. The molecule has 0 unspecified atom stereocenters. The number of ether oxygens (including phenoxy) is 2. The first-order chi connectivity index (χ1) is 14.5. The maximum atomic E-state index is 13.0. The molecule has 0 aliphatic carbocycles. The van der Waals surface area contributed by atoms with Crippen molar-refractivity contribution in [1.29, 1.82) is 0 Å². The fraction of sp³-hybridized carbons (Fsp3) is 0.364. The molecule has 1 fully saturated rings. The SMILES string of the molecule is Cc1ccc(NC(=O)CN2C[C@H](C(=O)N3CCOCC3)Oc3ccccc32)cc1Cl. The maximum absolute atomic E-state index is 13.0. The number of para-hydroxylation sites is 2. The highest BCUT2D eigenvalue weighted by Gasteiger charge is 2.34. The summed E-state index contributed by atoms with van der Waals surface area (Å²) in [6.45, 7) is 4.46. The molecule has 2 aliphatic heterocycles. The molecule has 4 rings (SSSR count). The van der Waals surface area contributed by atoms with Gasteiger partial charge in [-0.1, -0.05) is 29.8 Å². The van der Waals surface area contributed by atoms with Crippen LogP contribution in [-0.2, 0) is 14.3 Å². The molecule has 0 radical (unpaired) electrons. The third-order valence-corrected chi connectivity index (χ3v) is 5.66. The van der Waals surface area contributed by atoms with E-state index in [1.54, 1.807) is 11.0 Å². The van der Waals surface area contributed by atoms with E-state index in [9.17, 15) is 9.59 Å². The molecule has 0 aromatic heterocycles. The van der Waals surface area contributed by atoms with Gasteiger partial charge in [0.2, 0.25) is 5.91 Å². The van der Waals surface area contributed by atoms with Gasteiger partial charge in [-0.3, -0.25) is 9.59 Å². The van der Waals surface area contributed by atoms with Gasteiger partial charge in [-0.2, -0.15) is 0 Å². The average molecular weight is 430 g/mol. The Morgan fingerprint density at radius 1 is 1.17 bits per heavy atom. The zero-order valence-electron chi connectivity index (χ0n) is 16.8. The van der Waals surface area contributed by atoms with E-state index in [1.807, 2.05) is 48.2 Å². The summed E-state index contributed by atoms with van der Waals surface area (Å²) in [5, 5.41) is 3.48. The summed E-state index contributed by atoms with van der Waals surface area (Å²) < 4.78 is 11.3. The van der Waals surface area contributed by atoms with E-state index in [0.29, 0.717) is 49.3 Å². The molecule has 2 aromatic rings. The molecule has 7 nitrogen and oxygen atoms in total. The Hall–Kier alpha value is -2.77. The van der Waals surface area contributed by atoms with Crippen LogP contribution < -0.4 is 15.0 Å². The zero-order chi connectivity index (χ0) is 21.1. The minimum absolute atomic E-state index is 0.0801. The van der Waals surface area contributed by atoms with Crippen molar-refractivity contribution < 1.29 is 19.1 Å². The van der Waals surface area contributed by atoms with Crippen molar-refractivity contribution in [3.05, 3.63) is 53.1 Å². The Morgan fingerprint density at radius 2 is 1.93 bits per heavy atom. The number of benzene rings is 2. The average Bonchev–Trinajstić information content (AvgIpc) is 2.76. The van der Waals surface area contributed by atoms with Crippen LogP contribution in [-0.4, -0.2) is 62.2 Å². The predicted octanol–water partition coefficient (Wildman–Crippen LogP) is 2.71. The molecule has 2 heterocycles. The van der Waals surface area contributed by atoms with Crippen LogP contribution in [0.25, 0.3) is 0 Å².